The largest absolute Gasteiger partial charge is 0.498 e. The zero-order valence-corrected chi connectivity index (χ0v) is 17.0. The molecule has 1 unspecified atom stereocenters. The summed E-state index contributed by atoms with van der Waals surface area (Å²) in [5.41, 5.74) is -12.6. The average Bonchev–Trinajstić information content (AvgIpc) is 2.53. The van der Waals surface area contributed by atoms with Crippen molar-refractivity contribution in [2.24, 2.45) is 0 Å². The molecule has 0 aliphatic carbocycles. The number of halogens is 6. The van der Waals surface area contributed by atoms with Crippen LogP contribution < -0.4 is 5.32 Å². The summed E-state index contributed by atoms with van der Waals surface area (Å²) in [6.45, 7) is 4.48. The fourth-order valence-corrected chi connectivity index (χ4v) is 5.32. The molecule has 0 spiro atoms. The Morgan fingerprint density at radius 1 is 1.00 bits per heavy atom. The van der Waals surface area contributed by atoms with E-state index in [2.05, 4.69) is 16.1 Å². The minimum atomic E-state index is -6.83. The highest BCUT2D eigenvalue weighted by Crippen LogP contribution is 2.38. The number of sulfone groups is 2. The first-order valence-corrected chi connectivity index (χ1v) is 10.7. The molecule has 0 aromatic carbocycles. The summed E-state index contributed by atoms with van der Waals surface area (Å²) in [5, 5.41) is 1.91. The van der Waals surface area contributed by atoms with Crippen LogP contribution in [0.3, 0.4) is 0 Å². The molecule has 0 saturated heterocycles. The van der Waals surface area contributed by atoms with Crippen LogP contribution >= 0.6 is 0 Å². The van der Waals surface area contributed by atoms with Gasteiger partial charge in [0.25, 0.3) is 19.7 Å². The molecular weight excluding hydrogens is 476 g/mol. The number of nitrogens with one attached hydrogen (secondary N) is 1. The van der Waals surface area contributed by atoms with Gasteiger partial charge in [-0.3, -0.25) is 0 Å². The van der Waals surface area contributed by atoms with Gasteiger partial charge in [-0.05, 0) is 13.8 Å². The van der Waals surface area contributed by atoms with Crippen molar-refractivity contribution in [3.8, 4) is 0 Å². The summed E-state index contributed by atoms with van der Waals surface area (Å²) >= 11 is 0. The number of rotatable bonds is 9. The lowest BCUT2D eigenvalue weighted by Crippen LogP contribution is -2.46. The Morgan fingerprint density at radius 3 is 1.80 bits per heavy atom. The van der Waals surface area contributed by atoms with Crippen LogP contribution in [0.2, 0.25) is 0 Å². The van der Waals surface area contributed by atoms with Gasteiger partial charge in [0.15, 0.2) is 4.58 Å². The zero-order chi connectivity index (χ0) is 24.1. The normalized spacial score (nSPS) is 14.2. The van der Waals surface area contributed by atoms with Gasteiger partial charge in [0.2, 0.25) is 0 Å². The highest BCUT2D eigenvalue weighted by molar-refractivity contribution is 8.09. The van der Waals surface area contributed by atoms with Crippen LogP contribution in [0.5, 0.6) is 0 Å². The summed E-state index contributed by atoms with van der Waals surface area (Å²) < 4.78 is 126. The van der Waals surface area contributed by atoms with E-state index < -0.39 is 73.0 Å². The van der Waals surface area contributed by atoms with Crippen molar-refractivity contribution in [2.75, 3.05) is 13.2 Å². The molecule has 17 heteroatoms. The molecule has 0 fully saturated rings. The highest BCUT2D eigenvalue weighted by atomic mass is 32.3. The van der Waals surface area contributed by atoms with Gasteiger partial charge in [0.1, 0.15) is 12.7 Å². The Hall–Kier alpha value is -2.04. The van der Waals surface area contributed by atoms with Crippen LogP contribution in [0.25, 0.3) is 0 Å². The molecule has 30 heavy (non-hydrogen) atoms. The van der Waals surface area contributed by atoms with Gasteiger partial charge in [-0.15, -0.1) is 0 Å². The Balaban J connectivity index is 5.25. The molecule has 0 bridgehead atoms. The van der Waals surface area contributed by atoms with E-state index in [1.54, 1.807) is 0 Å². The molecular formula is C13H17F6NO8S2. The molecule has 0 heterocycles. The van der Waals surface area contributed by atoms with Crippen LogP contribution in [0.1, 0.15) is 20.3 Å². The molecule has 0 aliphatic heterocycles. The number of ether oxygens (including phenoxy) is 2. The minimum Gasteiger partial charge on any atom is -0.460 e. The van der Waals surface area contributed by atoms with E-state index in [-0.39, 0.29) is 5.57 Å². The molecule has 1 amide bonds. The van der Waals surface area contributed by atoms with Crippen LogP contribution in [-0.2, 0) is 33.9 Å². The van der Waals surface area contributed by atoms with Crippen molar-refractivity contribution in [3.05, 3.63) is 12.2 Å². The van der Waals surface area contributed by atoms with E-state index in [1.165, 1.54) is 6.92 Å². The first-order valence-electron chi connectivity index (χ1n) is 7.62. The number of carbonyl (C=O) groups excluding carboxylic acids is 2. The third kappa shape index (κ3) is 7.33. The lowest BCUT2D eigenvalue weighted by atomic mass is 10.3. The minimum absolute atomic E-state index is 0.0361. The summed E-state index contributed by atoms with van der Waals surface area (Å²) in [5.74, 6) is -0.809. The molecule has 0 aromatic rings. The number of hydrogen-bond acceptors (Lipinski definition) is 8. The lowest BCUT2D eigenvalue weighted by molar-refractivity contribution is -0.138. The Morgan fingerprint density at radius 2 is 1.43 bits per heavy atom. The Bertz CT molecular complexity index is 819. The number of esters is 1. The van der Waals surface area contributed by atoms with Crippen molar-refractivity contribution in [1.29, 1.82) is 0 Å². The molecule has 0 aliphatic rings. The molecule has 0 rings (SSSR count). The average molecular weight is 493 g/mol. The van der Waals surface area contributed by atoms with Crippen molar-refractivity contribution in [3.63, 3.8) is 0 Å². The first-order chi connectivity index (χ1) is 13.2. The fourth-order valence-electron chi connectivity index (χ4n) is 1.68. The topological polar surface area (TPSA) is 133 Å². The van der Waals surface area contributed by atoms with Gasteiger partial charge in [0, 0.05) is 12.0 Å². The second-order valence-electron chi connectivity index (χ2n) is 5.71. The number of hydrogen-bond donors (Lipinski definition) is 1. The van der Waals surface area contributed by atoms with Gasteiger partial charge in [-0.2, -0.15) is 26.3 Å². The maximum absolute atomic E-state index is 12.7. The third-order valence-electron chi connectivity index (χ3n) is 3.12. The fraction of sp³-hybridized carbons (Fsp3) is 0.692. The monoisotopic (exact) mass is 493 g/mol. The molecule has 0 radical (unpaired) electrons. The summed E-state index contributed by atoms with van der Waals surface area (Å²) in [6, 6.07) is 0. The molecule has 0 aromatic heterocycles. The van der Waals surface area contributed by atoms with Crippen LogP contribution in [0.15, 0.2) is 12.2 Å². The number of alkyl carbamates (subject to hydrolysis) is 1. The number of amides is 1. The van der Waals surface area contributed by atoms with Crippen molar-refractivity contribution in [2.45, 2.75) is 42.0 Å². The highest BCUT2D eigenvalue weighted by Gasteiger charge is 2.63. The zero-order valence-electron chi connectivity index (χ0n) is 15.3. The molecule has 9 nitrogen and oxygen atoms in total. The van der Waals surface area contributed by atoms with Crippen LogP contribution in [-0.4, -0.2) is 63.8 Å². The summed E-state index contributed by atoms with van der Waals surface area (Å²) in [6.07, 6.45) is -5.29. The van der Waals surface area contributed by atoms with Gasteiger partial charge < -0.3 is 14.8 Å². The van der Waals surface area contributed by atoms with Crippen molar-refractivity contribution < 1.29 is 62.2 Å². The van der Waals surface area contributed by atoms with Crippen LogP contribution in [0, 0.1) is 0 Å². The smallest absolute Gasteiger partial charge is 0.460 e. The van der Waals surface area contributed by atoms with Crippen molar-refractivity contribution >= 4 is 31.7 Å². The predicted molar refractivity (Wildman–Crippen MR) is 88.1 cm³/mol. The predicted octanol–water partition coefficient (Wildman–Crippen LogP) is 1.81. The van der Waals surface area contributed by atoms with Gasteiger partial charge in [-0.1, -0.05) is 6.58 Å². The first kappa shape index (κ1) is 28.0. The van der Waals surface area contributed by atoms with E-state index in [9.17, 15) is 52.8 Å². The SMILES string of the molecule is C=C(C)C(=O)OCCNC(=O)OC(C)CC(S(=O)(=O)C(F)(F)F)S(=O)(=O)C(F)(F)F. The second kappa shape index (κ2) is 9.84. The van der Waals surface area contributed by atoms with Crippen molar-refractivity contribution in [1.82, 2.24) is 5.32 Å². The maximum atomic E-state index is 12.7. The second-order valence-corrected chi connectivity index (χ2v) is 10.2. The van der Waals surface area contributed by atoms with Gasteiger partial charge in [-0.25, -0.2) is 26.4 Å². The molecule has 1 atom stereocenters. The standard InChI is InChI=1S/C13H17F6NO8S2/c1-7(2)10(21)27-5-4-20-11(22)28-8(3)6-9(29(23,24)12(14,15)16)30(25,26)13(17,18)19/h8-9H,1,4-6H2,2-3H3,(H,20,22). The summed E-state index contributed by atoms with van der Waals surface area (Å²) in [4.78, 5) is 22.5. The van der Waals surface area contributed by atoms with Gasteiger partial charge >= 0.3 is 23.1 Å². The van der Waals surface area contributed by atoms with E-state index in [0.717, 1.165) is 0 Å². The van der Waals surface area contributed by atoms with E-state index in [1.807, 2.05) is 5.32 Å². The number of alkyl halides is 6. The number of carbonyl (C=O) groups is 2. The molecule has 0 saturated carbocycles. The molecule has 1 N–H and O–H groups in total. The van der Waals surface area contributed by atoms with E-state index >= 15 is 0 Å². The Labute approximate surface area is 167 Å². The molecule has 176 valence electrons. The van der Waals surface area contributed by atoms with Gasteiger partial charge in [0.05, 0.1) is 6.54 Å². The quantitative estimate of drug-likeness (QED) is 0.223. The van der Waals surface area contributed by atoms with E-state index in [4.69, 9.17) is 0 Å². The Kier molecular flexibility index (Phi) is 9.18. The van der Waals surface area contributed by atoms with Crippen LogP contribution in [0.4, 0.5) is 31.1 Å². The third-order valence-corrected chi connectivity index (χ3v) is 7.70. The summed E-state index contributed by atoms with van der Waals surface area (Å²) in [7, 11) is -13.7. The maximum Gasteiger partial charge on any atom is 0.498 e. The lowest BCUT2D eigenvalue weighted by Gasteiger charge is -2.23. The van der Waals surface area contributed by atoms with E-state index in [0.29, 0.717) is 6.92 Å².